The Morgan fingerprint density at radius 2 is 1.94 bits per heavy atom. The van der Waals surface area contributed by atoms with Gasteiger partial charge < -0.3 is 10.5 Å². The summed E-state index contributed by atoms with van der Waals surface area (Å²) in [6.07, 6.45) is 0.826. The van der Waals surface area contributed by atoms with Crippen molar-refractivity contribution in [1.82, 2.24) is 4.98 Å². The van der Waals surface area contributed by atoms with Crippen LogP contribution >= 0.6 is 11.3 Å². The molecule has 18 heavy (non-hydrogen) atoms. The van der Waals surface area contributed by atoms with Crippen molar-refractivity contribution in [3.63, 3.8) is 0 Å². The molecule has 1 aromatic heterocycles. The molecule has 1 aromatic carbocycles. The monoisotopic (exact) mass is 262 g/mol. The number of hydrogen-bond acceptors (Lipinski definition) is 4. The molecule has 0 bridgehead atoms. The Kier molecular flexibility index (Phi) is 3.99. The molecule has 0 fully saturated rings. The minimum absolute atomic E-state index is 0.0181. The number of benzene rings is 1. The molecule has 96 valence electrons. The molecule has 2 N–H and O–H groups in total. The van der Waals surface area contributed by atoms with Crippen LogP contribution in [0.5, 0.6) is 5.75 Å². The lowest BCUT2D eigenvalue weighted by molar-refractivity contribution is 0.414. The Morgan fingerprint density at radius 1 is 1.28 bits per heavy atom. The highest BCUT2D eigenvalue weighted by molar-refractivity contribution is 7.11. The van der Waals surface area contributed by atoms with Crippen molar-refractivity contribution >= 4 is 11.3 Å². The topological polar surface area (TPSA) is 48.1 Å². The number of nitrogens with two attached hydrogens (primary N) is 1. The molecular weight excluding hydrogens is 244 g/mol. The van der Waals surface area contributed by atoms with E-state index in [9.17, 15) is 0 Å². The third kappa shape index (κ3) is 2.89. The van der Waals surface area contributed by atoms with Crippen LogP contribution in [0.25, 0.3) is 0 Å². The van der Waals surface area contributed by atoms with Gasteiger partial charge in [0.05, 0.1) is 17.8 Å². The van der Waals surface area contributed by atoms with Crippen molar-refractivity contribution in [2.75, 3.05) is 7.11 Å². The summed E-state index contributed by atoms with van der Waals surface area (Å²) in [7, 11) is 1.67. The van der Waals surface area contributed by atoms with Crippen LogP contribution in [0.3, 0.4) is 0 Å². The zero-order chi connectivity index (χ0) is 13.1. The Labute approximate surface area is 112 Å². The lowest BCUT2D eigenvalue weighted by atomic mass is 10.0. The van der Waals surface area contributed by atoms with Crippen molar-refractivity contribution < 1.29 is 4.74 Å². The maximum atomic E-state index is 6.25. The van der Waals surface area contributed by atoms with E-state index in [1.54, 1.807) is 18.4 Å². The van der Waals surface area contributed by atoms with Crippen LogP contribution in [-0.4, -0.2) is 12.1 Å². The van der Waals surface area contributed by atoms with E-state index in [4.69, 9.17) is 10.5 Å². The first-order valence-corrected chi connectivity index (χ1v) is 6.74. The summed E-state index contributed by atoms with van der Waals surface area (Å²) in [6.45, 7) is 4.04. The highest BCUT2D eigenvalue weighted by atomic mass is 32.1. The Bertz CT molecular complexity index is 519. The molecule has 0 saturated heterocycles. The maximum Gasteiger partial charge on any atom is 0.118 e. The summed E-state index contributed by atoms with van der Waals surface area (Å²) in [5.74, 6) is 0.872. The molecule has 1 atom stereocenters. The number of methoxy groups -OCH3 is 1. The van der Waals surface area contributed by atoms with E-state index in [1.165, 1.54) is 10.4 Å². The van der Waals surface area contributed by atoms with E-state index < -0.39 is 0 Å². The van der Waals surface area contributed by atoms with E-state index in [-0.39, 0.29) is 6.04 Å². The summed E-state index contributed by atoms with van der Waals surface area (Å²) in [5, 5.41) is 1.08. The molecule has 2 rings (SSSR count). The van der Waals surface area contributed by atoms with Crippen LogP contribution in [-0.2, 0) is 6.42 Å². The van der Waals surface area contributed by atoms with Gasteiger partial charge in [-0.15, -0.1) is 11.3 Å². The molecule has 0 spiro atoms. The largest absolute Gasteiger partial charge is 0.497 e. The number of aromatic nitrogens is 1. The SMILES string of the molecule is COc1ccc(CC(N)c2sc(C)nc2C)cc1. The molecule has 1 heterocycles. The van der Waals surface area contributed by atoms with E-state index in [2.05, 4.69) is 17.1 Å². The van der Waals surface area contributed by atoms with Crippen LogP contribution in [0.4, 0.5) is 0 Å². The Balaban J connectivity index is 2.10. The summed E-state index contributed by atoms with van der Waals surface area (Å²) in [5.41, 5.74) is 8.52. The first-order valence-electron chi connectivity index (χ1n) is 5.92. The van der Waals surface area contributed by atoms with Gasteiger partial charge >= 0.3 is 0 Å². The highest BCUT2D eigenvalue weighted by Crippen LogP contribution is 2.26. The molecular formula is C14H18N2OS. The van der Waals surface area contributed by atoms with Crippen LogP contribution in [0.1, 0.15) is 27.2 Å². The lowest BCUT2D eigenvalue weighted by Crippen LogP contribution is -2.13. The van der Waals surface area contributed by atoms with Gasteiger partial charge in [-0.1, -0.05) is 12.1 Å². The smallest absolute Gasteiger partial charge is 0.118 e. The molecule has 1 unspecified atom stereocenters. The van der Waals surface area contributed by atoms with Gasteiger partial charge in [-0.05, 0) is 38.0 Å². The van der Waals surface area contributed by atoms with Gasteiger partial charge in [-0.25, -0.2) is 4.98 Å². The van der Waals surface area contributed by atoms with Crippen molar-refractivity contribution in [3.05, 3.63) is 45.4 Å². The van der Waals surface area contributed by atoms with E-state index >= 15 is 0 Å². The fourth-order valence-electron chi connectivity index (χ4n) is 2.00. The number of aryl methyl sites for hydroxylation is 2. The van der Waals surface area contributed by atoms with Crippen LogP contribution in [0.15, 0.2) is 24.3 Å². The van der Waals surface area contributed by atoms with Crippen LogP contribution in [0, 0.1) is 13.8 Å². The zero-order valence-electron chi connectivity index (χ0n) is 10.9. The van der Waals surface area contributed by atoms with Crippen molar-refractivity contribution in [1.29, 1.82) is 0 Å². The van der Waals surface area contributed by atoms with Gasteiger partial charge in [-0.3, -0.25) is 0 Å². The van der Waals surface area contributed by atoms with Gasteiger partial charge in [0, 0.05) is 10.9 Å². The van der Waals surface area contributed by atoms with Crippen LogP contribution in [0.2, 0.25) is 0 Å². The molecule has 0 aliphatic heterocycles. The predicted molar refractivity (Wildman–Crippen MR) is 75.2 cm³/mol. The lowest BCUT2D eigenvalue weighted by Gasteiger charge is -2.11. The fraction of sp³-hybridized carbons (Fsp3) is 0.357. The zero-order valence-corrected chi connectivity index (χ0v) is 11.8. The minimum atomic E-state index is 0.0181. The average molecular weight is 262 g/mol. The van der Waals surface area contributed by atoms with E-state index in [0.29, 0.717) is 0 Å². The molecule has 0 aliphatic carbocycles. The molecule has 3 nitrogen and oxygen atoms in total. The summed E-state index contributed by atoms with van der Waals surface area (Å²) >= 11 is 1.69. The molecule has 0 saturated carbocycles. The highest BCUT2D eigenvalue weighted by Gasteiger charge is 2.13. The minimum Gasteiger partial charge on any atom is -0.497 e. The molecule has 0 radical (unpaired) electrons. The Morgan fingerprint density at radius 3 is 2.44 bits per heavy atom. The molecule has 0 amide bonds. The van der Waals surface area contributed by atoms with Gasteiger partial charge in [0.2, 0.25) is 0 Å². The summed E-state index contributed by atoms with van der Waals surface area (Å²) in [6, 6.07) is 8.06. The van der Waals surface area contributed by atoms with E-state index in [0.717, 1.165) is 22.9 Å². The number of thiazole rings is 1. The second-order valence-corrected chi connectivity index (χ2v) is 5.58. The van der Waals surface area contributed by atoms with Gasteiger partial charge in [0.1, 0.15) is 5.75 Å². The maximum absolute atomic E-state index is 6.25. The van der Waals surface area contributed by atoms with Crippen molar-refractivity contribution in [2.24, 2.45) is 5.73 Å². The average Bonchev–Trinajstić information content (AvgIpc) is 2.69. The number of hydrogen-bond donors (Lipinski definition) is 1. The predicted octanol–water partition coefficient (Wildman–Crippen LogP) is 3.01. The quantitative estimate of drug-likeness (QED) is 0.921. The third-order valence-corrected chi connectivity index (χ3v) is 4.10. The van der Waals surface area contributed by atoms with Gasteiger partial charge in [0.15, 0.2) is 0 Å². The van der Waals surface area contributed by atoms with Crippen LogP contribution < -0.4 is 10.5 Å². The first-order chi connectivity index (χ1) is 8.60. The first kappa shape index (κ1) is 13.1. The third-order valence-electron chi connectivity index (χ3n) is 2.89. The van der Waals surface area contributed by atoms with E-state index in [1.807, 2.05) is 26.0 Å². The number of rotatable bonds is 4. The molecule has 2 aromatic rings. The molecule has 4 heteroatoms. The normalized spacial score (nSPS) is 12.4. The molecule has 0 aliphatic rings. The fourth-order valence-corrected chi connectivity index (χ4v) is 2.93. The standard InChI is InChI=1S/C14H18N2OS/c1-9-14(18-10(2)16-9)13(15)8-11-4-6-12(17-3)7-5-11/h4-7,13H,8,15H2,1-3H3. The summed E-state index contributed by atoms with van der Waals surface area (Å²) < 4.78 is 5.14. The number of nitrogens with zero attached hydrogens (tertiary/aromatic N) is 1. The van der Waals surface area contributed by atoms with Crippen molar-refractivity contribution in [2.45, 2.75) is 26.3 Å². The van der Waals surface area contributed by atoms with Crippen molar-refractivity contribution in [3.8, 4) is 5.75 Å². The second kappa shape index (κ2) is 5.50. The Hall–Kier alpha value is -1.39. The number of ether oxygens (including phenoxy) is 1. The van der Waals surface area contributed by atoms with Gasteiger partial charge in [-0.2, -0.15) is 0 Å². The second-order valence-electron chi connectivity index (χ2n) is 4.34. The van der Waals surface area contributed by atoms with Gasteiger partial charge in [0.25, 0.3) is 0 Å². The summed E-state index contributed by atoms with van der Waals surface area (Å²) in [4.78, 5) is 5.60.